The van der Waals surface area contributed by atoms with Gasteiger partial charge in [-0.25, -0.2) is 0 Å². The third-order valence-electron chi connectivity index (χ3n) is 2.87. The van der Waals surface area contributed by atoms with Crippen molar-refractivity contribution in [2.24, 2.45) is 5.92 Å². The summed E-state index contributed by atoms with van der Waals surface area (Å²) in [6.45, 7) is 12.6. The molecule has 0 atom stereocenters. The van der Waals surface area contributed by atoms with E-state index < -0.39 is 0 Å². The largest absolute Gasteiger partial charge is 0.315 e. The molecule has 0 spiro atoms. The molecule has 0 aliphatic carbocycles. The molecule has 0 radical (unpaired) electrons. The minimum atomic E-state index is 0.713. The molecular weight excluding hydrogens is 224 g/mol. The molecule has 0 bridgehead atoms. The van der Waals surface area contributed by atoms with Crippen molar-refractivity contribution in [1.82, 2.24) is 20.4 Å². The van der Waals surface area contributed by atoms with E-state index in [0.717, 1.165) is 37.6 Å². The van der Waals surface area contributed by atoms with Crippen molar-refractivity contribution in [1.29, 1.82) is 0 Å². The van der Waals surface area contributed by atoms with E-state index in [-0.39, 0.29) is 0 Å². The van der Waals surface area contributed by atoms with Crippen LogP contribution in [0.25, 0.3) is 0 Å². The average molecular weight is 250 g/mol. The van der Waals surface area contributed by atoms with E-state index in [1.807, 2.05) is 13.8 Å². The Balaban J connectivity index is 2.35. The van der Waals surface area contributed by atoms with E-state index in [1.54, 1.807) is 0 Å². The number of nitrogens with one attached hydrogen (secondary N) is 1. The standard InChI is InChI=1S/C14H26N4/c1-11(2)9-15-6-7-18(5)10-14-8-12(3)16-17-13(14)4/h8,11,15H,6-7,9-10H2,1-5H3. The van der Waals surface area contributed by atoms with E-state index in [2.05, 4.69) is 47.4 Å². The van der Waals surface area contributed by atoms with Crippen LogP contribution in [0.4, 0.5) is 0 Å². The minimum absolute atomic E-state index is 0.713. The molecule has 1 heterocycles. The molecule has 102 valence electrons. The Bertz CT molecular complexity index is 363. The molecule has 1 rings (SSSR count). The van der Waals surface area contributed by atoms with E-state index in [9.17, 15) is 0 Å². The van der Waals surface area contributed by atoms with E-state index in [1.165, 1.54) is 5.56 Å². The number of rotatable bonds is 7. The fourth-order valence-corrected chi connectivity index (χ4v) is 1.79. The summed E-state index contributed by atoms with van der Waals surface area (Å²) in [5, 5.41) is 11.7. The van der Waals surface area contributed by atoms with Crippen LogP contribution in [0, 0.1) is 19.8 Å². The average Bonchev–Trinajstić information content (AvgIpc) is 2.29. The van der Waals surface area contributed by atoms with Gasteiger partial charge in [0, 0.05) is 19.6 Å². The topological polar surface area (TPSA) is 41.0 Å². The van der Waals surface area contributed by atoms with Gasteiger partial charge in [-0.15, -0.1) is 0 Å². The summed E-state index contributed by atoms with van der Waals surface area (Å²) >= 11 is 0. The van der Waals surface area contributed by atoms with Gasteiger partial charge in [0.05, 0.1) is 11.4 Å². The molecule has 0 aromatic carbocycles. The Labute approximate surface area is 111 Å². The SMILES string of the molecule is Cc1cc(CN(C)CCNCC(C)C)c(C)nn1. The molecule has 0 unspecified atom stereocenters. The van der Waals surface area contributed by atoms with Crippen molar-refractivity contribution in [2.75, 3.05) is 26.7 Å². The molecule has 0 fully saturated rings. The third-order valence-corrected chi connectivity index (χ3v) is 2.87. The lowest BCUT2D eigenvalue weighted by molar-refractivity contribution is 0.320. The fourth-order valence-electron chi connectivity index (χ4n) is 1.79. The molecule has 4 heteroatoms. The smallest absolute Gasteiger partial charge is 0.0645 e. The zero-order valence-electron chi connectivity index (χ0n) is 12.3. The highest BCUT2D eigenvalue weighted by molar-refractivity contribution is 5.19. The first kappa shape index (κ1) is 15.1. The summed E-state index contributed by atoms with van der Waals surface area (Å²) in [5.74, 6) is 0.713. The molecule has 4 nitrogen and oxygen atoms in total. The van der Waals surface area contributed by atoms with Gasteiger partial charge in [0.1, 0.15) is 0 Å². The van der Waals surface area contributed by atoms with Crippen molar-refractivity contribution in [3.05, 3.63) is 23.0 Å². The second kappa shape index (κ2) is 7.44. The summed E-state index contributed by atoms with van der Waals surface area (Å²) in [7, 11) is 2.15. The third kappa shape index (κ3) is 5.56. The summed E-state index contributed by atoms with van der Waals surface area (Å²) in [4.78, 5) is 2.32. The van der Waals surface area contributed by atoms with Crippen LogP contribution < -0.4 is 5.32 Å². The monoisotopic (exact) mass is 250 g/mol. The number of aryl methyl sites for hydroxylation is 2. The van der Waals surface area contributed by atoms with Crippen LogP contribution in [0.1, 0.15) is 30.8 Å². The second-order valence-corrected chi connectivity index (χ2v) is 5.43. The predicted molar refractivity (Wildman–Crippen MR) is 75.5 cm³/mol. The number of hydrogen-bond acceptors (Lipinski definition) is 4. The van der Waals surface area contributed by atoms with Gasteiger partial charge in [-0.1, -0.05) is 13.8 Å². The zero-order valence-corrected chi connectivity index (χ0v) is 12.3. The van der Waals surface area contributed by atoms with Crippen molar-refractivity contribution >= 4 is 0 Å². The van der Waals surface area contributed by atoms with E-state index in [4.69, 9.17) is 0 Å². The Kier molecular flexibility index (Phi) is 6.22. The van der Waals surface area contributed by atoms with Gasteiger partial charge in [0.2, 0.25) is 0 Å². The first-order chi connectivity index (χ1) is 8.49. The highest BCUT2D eigenvalue weighted by Gasteiger charge is 2.05. The van der Waals surface area contributed by atoms with E-state index >= 15 is 0 Å². The molecule has 0 aliphatic rings. The van der Waals surface area contributed by atoms with Crippen molar-refractivity contribution in [3.63, 3.8) is 0 Å². The number of hydrogen-bond donors (Lipinski definition) is 1. The zero-order chi connectivity index (χ0) is 13.5. The van der Waals surface area contributed by atoms with Gasteiger partial charge in [0.15, 0.2) is 0 Å². The molecule has 0 saturated carbocycles. The quantitative estimate of drug-likeness (QED) is 0.749. The number of likely N-dealkylation sites (N-methyl/N-ethyl adjacent to an activating group) is 1. The van der Waals surface area contributed by atoms with Crippen LogP contribution >= 0.6 is 0 Å². The molecule has 0 saturated heterocycles. The van der Waals surface area contributed by atoms with E-state index in [0.29, 0.717) is 5.92 Å². The van der Waals surface area contributed by atoms with Crippen molar-refractivity contribution in [3.8, 4) is 0 Å². The van der Waals surface area contributed by atoms with Gasteiger partial charge in [-0.2, -0.15) is 10.2 Å². The molecule has 0 aliphatic heterocycles. The number of nitrogens with zero attached hydrogens (tertiary/aromatic N) is 3. The van der Waals surface area contributed by atoms with Crippen molar-refractivity contribution < 1.29 is 0 Å². The highest BCUT2D eigenvalue weighted by Crippen LogP contribution is 2.07. The summed E-state index contributed by atoms with van der Waals surface area (Å²) in [5.41, 5.74) is 3.29. The molecule has 1 N–H and O–H groups in total. The van der Waals surface area contributed by atoms with Crippen LogP contribution in [-0.4, -0.2) is 41.8 Å². The molecule has 0 amide bonds. The summed E-state index contributed by atoms with van der Waals surface area (Å²) in [6, 6.07) is 2.13. The van der Waals surface area contributed by atoms with Gasteiger partial charge >= 0.3 is 0 Å². The lowest BCUT2D eigenvalue weighted by Crippen LogP contribution is -2.31. The van der Waals surface area contributed by atoms with Crippen molar-refractivity contribution in [2.45, 2.75) is 34.2 Å². The Morgan fingerprint density at radius 2 is 2.00 bits per heavy atom. The van der Waals surface area contributed by atoms with Gasteiger partial charge in [-0.05, 0) is 45.0 Å². The lowest BCUT2D eigenvalue weighted by atomic mass is 10.2. The maximum absolute atomic E-state index is 4.16. The first-order valence-electron chi connectivity index (χ1n) is 6.68. The molecular formula is C14H26N4. The lowest BCUT2D eigenvalue weighted by Gasteiger charge is -2.18. The van der Waals surface area contributed by atoms with Crippen LogP contribution in [0.15, 0.2) is 6.07 Å². The maximum Gasteiger partial charge on any atom is 0.0645 e. The fraction of sp³-hybridized carbons (Fsp3) is 0.714. The van der Waals surface area contributed by atoms with Crippen LogP contribution in [0.3, 0.4) is 0 Å². The molecule has 1 aromatic rings. The second-order valence-electron chi connectivity index (χ2n) is 5.43. The van der Waals surface area contributed by atoms with Crippen LogP contribution in [0.2, 0.25) is 0 Å². The van der Waals surface area contributed by atoms with Gasteiger partial charge in [0.25, 0.3) is 0 Å². The summed E-state index contributed by atoms with van der Waals surface area (Å²) in [6.07, 6.45) is 0. The maximum atomic E-state index is 4.16. The normalized spacial score (nSPS) is 11.5. The Morgan fingerprint density at radius 3 is 2.67 bits per heavy atom. The molecule has 1 aromatic heterocycles. The molecule has 18 heavy (non-hydrogen) atoms. The minimum Gasteiger partial charge on any atom is -0.315 e. The van der Waals surface area contributed by atoms with Gasteiger partial charge in [-0.3, -0.25) is 0 Å². The predicted octanol–water partition coefficient (Wildman–Crippen LogP) is 1.77. The Hall–Kier alpha value is -1.00. The van der Waals surface area contributed by atoms with Crippen LogP contribution in [0.5, 0.6) is 0 Å². The van der Waals surface area contributed by atoms with Crippen LogP contribution in [-0.2, 0) is 6.54 Å². The summed E-state index contributed by atoms with van der Waals surface area (Å²) < 4.78 is 0. The number of aromatic nitrogens is 2. The Morgan fingerprint density at radius 1 is 1.28 bits per heavy atom. The highest BCUT2D eigenvalue weighted by atomic mass is 15.1. The van der Waals surface area contributed by atoms with Gasteiger partial charge < -0.3 is 10.2 Å². The first-order valence-corrected chi connectivity index (χ1v) is 6.68.